The van der Waals surface area contributed by atoms with Crippen LogP contribution >= 0.6 is 0 Å². The van der Waals surface area contributed by atoms with Crippen molar-refractivity contribution in [3.63, 3.8) is 0 Å². The third kappa shape index (κ3) is 3.54. The summed E-state index contributed by atoms with van der Waals surface area (Å²) in [6, 6.07) is 26.5. The summed E-state index contributed by atoms with van der Waals surface area (Å²) in [6.45, 7) is 8.27. The zero-order valence-electron chi connectivity index (χ0n) is 18.3. The van der Waals surface area contributed by atoms with Gasteiger partial charge in [-0.25, -0.2) is 9.97 Å². The van der Waals surface area contributed by atoms with E-state index < -0.39 is 7.12 Å². The third-order valence-corrected chi connectivity index (χ3v) is 6.32. The van der Waals surface area contributed by atoms with Gasteiger partial charge < -0.3 is 9.31 Å². The van der Waals surface area contributed by atoms with Crippen LogP contribution in [0, 0.1) is 0 Å². The minimum atomic E-state index is -0.424. The molecule has 0 amide bonds. The van der Waals surface area contributed by atoms with E-state index >= 15 is 0 Å². The molecule has 0 unspecified atom stereocenters. The lowest BCUT2D eigenvalue weighted by atomic mass is 9.78. The molecule has 3 aromatic carbocycles. The monoisotopic (exact) mass is 408 g/mol. The lowest BCUT2D eigenvalue weighted by molar-refractivity contribution is 0.00578. The highest BCUT2D eigenvalue weighted by atomic mass is 16.7. The molecule has 1 aliphatic rings. The van der Waals surface area contributed by atoms with E-state index in [0.717, 1.165) is 39.0 Å². The first-order valence-corrected chi connectivity index (χ1v) is 10.6. The molecule has 0 bridgehead atoms. The summed E-state index contributed by atoms with van der Waals surface area (Å²) >= 11 is 0. The fourth-order valence-corrected chi connectivity index (χ4v) is 3.80. The molecule has 1 aliphatic heterocycles. The fourth-order valence-electron chi connectivity index (χ4n) is 3.80. The molecule has 0 aliphatic carbocycles. The Morgan fingerprint density at radius 1 is 0.677 bits per heavy atom. The molecular weight excluding hydrogens is 383 g/mol. The van der Waals surface area contributed by atoms with Crippen molar-refractivity contribution in [2.45, 2.75) is 38.9 Å². The summed E-state index contributed by atoms with van der Waals surface area (Å²) in [6.07, 6.45) is 0. The Morgan fingerprint density at radius 3 is 1.87 bits per heavy atom. The maximum Gasteiger partial charge on any atom is 0.494 e. The number of rotatable bonds is 3. The number of fused-ring (bicyclic) bond motifs is 1. The Labute approximate surface area is 183 Å². The number of benzene rings is 3. The summed E-state index contributed by atoms with van der Waals surface area (Å²) in [5, 5.41) is 0.984. The Hall–Kier alpha value is -3.02. The molecule has 5 heteroatoms. The SMILES string of the molecule is CC1(C)OB(c2ccc3nc(-c4ccccc4)nc(-c4ccccc4)c3c2)OC1(C)C. The Bertz CT molecular complexity index is 1220. The number of aromatic nitrogens is 2. The van der Waals surface area contributed by atoms with Gasteiger partial charge in [-0.15, -0.1) is 0 Å². The minimum absolute atomic E-state index is 0.386. The van der Waals surface area contributed by atoms with Crippen molar-refractivity contribution >= 4 is 23.5 Å². The van der Waals surface area contributed by atoms with E-state index in [1.165, 1.54) is 0 Å². The maximum atomic E-state index is 6.27. The van der Waals surface area contributed by atoms with Gasteiger partial charge in [0.1, 0.15) is 0 Å². The summed E-state index contributed by atoms with van der Waals surface area (Å²) in [5.41, 5.74) is 4.05. The van der Waals surface area contributed by atoms with E-state index in [2.05, 4.69) is 45.9 Å². The second kappa shape index (κ2) is 7.29. The Kier molecular flexibility index (Phi) is 4.69. The van der Waals surface area contributed by atoms with Crippen molar-refractivity contribution < 1.29 is 9.31 Å². The summed E-state index contributed by atoms with van der Waals surface area (Å²) in [4.78, 5) is 9.84. The number of hydrogen-bond acceptors (Lipinski definition) is 4. The fraction of sp³-hybridized carbons (Fsp3) is 0.231. The molecule has 5 rings (SSSR count). The lowest BCUT2D eigenvalue weighted by Gasteiger charge is -2.32. The first-order chi connectivity index (χ1) is 14.8. The average Bonchev–Trinajstić information content (AvgIpc) is 3.00. The van der Waals surface area contributed by atoms with Crippen LogP contribution in [-0.4, -0.2) is 28.3 Å². The van der Waals surface area contributed by atoms with Crippen LogP contribution in [0.15, 0.2) is 78.9 Å². The van der Waals surface area contributed by atoms with Crippen LogP contribution in [0.3, 0.4) is 0 Å². The van der Waals surface area contributed by atoms with Crippen molar-refractivity contribution in [1.82, 2.24) is 9.97 Å². The third-order valence-electron chi connectivity index (χ3n) is 6.32. The quantitative estimate of drug-likeness (QED) is 0.434. The molecular formula is C26H25BN2O2. The highest BCUT2D eigenvalue weighted by Gasteiger charge is 2.51. The predicted octanol–water partition coefficient (Wildman–Crippen LogP) is 5.26. The zero-order valence-corrected chi connectivity index (χ0v) is 18.3. The molecule has 4 aromatic rings. The Morgan fingerprint density at radius 2 is 1.26 bits per heavy atom. The van der Waals surface area contributed by atoms with Gasteiger partial charge in [0, 0.05) is 16.5 Å². The van der Waals surface area contributed by atoms with E-state index in [1.54, 1.807) is 0 Å². The van der Waals surface area contributed by atoms with Crippen LogP contribution in [0.4, 0.5) is 0 Å². The molecule has 0 atom stereocenters. The van der Waals surface area contributed by atoms with Crippen LogP contribution in [0.5, 0.6) is 0 Å². The van der Waals surface area contributed by atoms with Gasteiger partial charge in [-0.2, -0.15) is 0 Å². The molecule has 31 heavy (non-hydrogen) atoms. The molecule has 1 aromatic heterocycles. The van der Waals surface area contributed by atoms with E-state index in [1.807, 2.05) is 60.7 Å². The van der Waals surface area contributed by atoms with E-state index in [-0.39, 0.29) is 11.2 Å². The molecule has 154 valence electrons. The van der Waals surface area contributed by atoms with Gasteiger partial charge in [-0.05, 0) is 39.2 Å². The average molecular weight is 408 g/mol. The molecule has 0 N–H and O–H groups in total. The summed E-state index contributed by atoms with van der Waals surface area (Å²) < 4.78 is 12.5. The van der Waals surface area contributed by atoms with Crippen molar-refractivity contribution in [2.24, 2.45) is 0 Å². The molecule has 0 radical (unpaired) electrons. The van der Waals surface area contributed by atoms with E-state index in [9.17, 15) is 0 Å². The highest BCUT2D eigenvalue weighted by molar-refractivity contribution is 6.62. The Balaban J connectivity index is 1.68. The van der Waals surface area contributed by atoms with Gasteiger partial charge in [-0.3, -0.25) is 0 Å². The number of hydrogen-bond donors (Lipinski definition) is 0. The lowest BCUT2D eigenvalue weighted by Crippen LogP contribution is -2.41. The van der Waals surface area contributed by atoms with Gasteiger partial charge >= 0.3 is 7.12 Å². The second-order valence-corrected chi connectivity index (χ2v) is 8.99. The maximum absolute atomic E-state index is 6.27. The summed E-state index contributed by atoms with van der Waals surface area (Å²) in [7, 11) is -0.424. The van der Waals surface area contributed by atoms with Crippen LogP contribution in [0.1, 0.15) is 27.7 Å². The second-order valence-electron chi connectivity index (χ2n) is 8.99. The van der Waals surface area contributed by atoms with Gasteiger partial charge in [0.2, 0.25) is 0 Å². The summed E-state index contributed by atoms with van der Waals surface area (Å²) in [5.74, 6) is 0.718. The van der Waals surface area contributed by atoms with E-state index in [4.69, 9.17) is 19.3 Å². The highest BCUT2D eigenvalue weighted by Crippen LogP contribution is 2.37. The predicted molar refractivity (Wildman–Crippen MR) is 126 cm³/mol. The normalized spacial score (nSPS) is 17.2. The molecule has 0 saturated carbocycles. The van der Waals surface area contributed by atoms with Crippen LogP contribution in [0.2, 0.25) is 0 Å². The topological polar surface area (TPSA) is 44.2 Å². The first kappa shape index (κ1) is 19.9. The van der Waals surface area contributed by atoms with Gasteiger partial charge in [0.15, 0.2) is 5.82 Å². The van der Waals surface area contributed by atoms with Crippen LogP contribution < -0.4 is 5.46 Å². The smallest absolute Gasteiger partial charge is 0.399 e. The van der Waals surface area contributed by atoms with Gasteiger partial charge in [0.25, 0.3) is 0 Å². The van der Waals surface area contributed by atoms with Crippen molar-refractivity contribution in [1.29, 1.82) is 0 Å². The minimum Gasteiger partial charge on any atom is -0.399 e. The van der Waals surface area contributed by atoms with Gasteiger partial charge in [-0.1, -0.05) is 72.8 Å². The number of nitrogens with zero attached hydrogens (tertiary/aromatic N) is 2. The largest absolute Gasteiger partial charge is 0.494 e. The van der Waals surface area contributed by atoms with Crippen molar-refractivity contribution in [3.05, 3.63) is 78.9 Å². The van der Waals surface area contributed by atoms with Crippen molar-refractivity contribution in [3.8, 4) is 22.6 Å². The van der Waals surface area contributed by atoms with Gasteiger partial charge in [0.05, 0.1) is 22.4 Å². The zero-order chi connectivity index (χ0) is 21.6. The molecule has 2 heterocycles. The first-order valence-electron chi connectivity index (χ1n) is 10.6. The molecule has 0 spiro atoms. The standard InChI is InChI=1S/C26H25BN2O2/c1-25(2)26(3,4)31-27(30-25)20-15-16-22-21(17-20)23(18-11-7-5-8-12-18)29-24(28-22)19-13-9-6-10-14-19/h5-17H,1-4H3. The van der Waals surface area contributed by atoms with Crippen LogP contribution in [-0.2, 0) is 9.31 Å². The molecule has 1 saturated heterocycles. The van der Waals surface area contributed by atoms with E-state index in [0.29, 0.717) is 0 Å². The molecule has 4 nitrogen and oxygen atoms in total. The molecule has 1 fully saturated rings. The van der Waals surface area contributed by atoms with Crippen LogP contribution in [0.25, 0.3) is 33.5 Å². The van der Waals surface area contributed by atoms with Crippen molar-refractivity contribution in [2.75, 3.05) is 0 Å².